The molecule has 3 nitrogen and oxygen atoms in total. The van der Waals surface area contributed by atoms with Crippen LogP contribution in [0.4, 0.5) is 13.2 Å². The van der Waals surface area contributed by atoms with Gasteiger partial charge in [-0.05, 0) is 37.1 Å². The first kappa shape index (κ1) is 21.4. The number of allylic oxidation sites excluding steroid dienone is 2. The van der Waals surface area contributed by atoms with E-state index in [1.54, 1.807) is 6.92 Å². The van der Waals surface area contributed by atoms with Crippen LogP contribution in [0, 0.1) is 12.8 Å². The molecule has 1 N–H and O–H groups in total. The predicted octanol–water partition coefficient (Wildman–Crippen LogP) is 5.49. The molecule has 1 aliphatic heterocycles. The summed E-state index contributed by atoms with van der Waals surface area (Å²) in [5, 5.41) is 3.40. The zero-order valence-electron chi connectivity index (χ0n) is 17.3. The lowest BCUT2D eigenvalue weighted by molar-refractivity contribution is -0.147. The van der Waals surface area contributed by atoms with Gasteiger partial charge in [0.15, 0.2) is 0 Å². The summed E-state index contributed by atoms with van der Waals surface area (Å²) in [7, 11) is 0. The molecule has 4 rings (SSSR count). The highest BCUT2D eigenvalue weighted by Crippen LogP contribution is 2.47. The molecule has 2 aromatic carbocycles. The van der Waals surface area contributed by atoms with Crippen LogP contribution in [-0.2, 0) is 15.7 Å². The molecule has 0 unspecified atom stereocenters. The molecule has 4 atom stereocenters. The van der Waals surface area contributed by atoms with E-state index in [0.717, 1.165) is 28.8 Å². The molecule has 2 aliphatic rings. The maximum Gasteiger partial charge on any atom is 0.416 e. The number of piperidine rings is 1. The van der Waals surface area contributed by atoms with Crippen LogP contribution < -0.4 is 5.32 Å². The van der Waals surface area contributed by atoms with E-state index < -0.39 is 17.8 Å². The Morgan fingerprint density at radius 3 is 2.29 bits per heavy atom. The van der Waals surface area contributed by atoms with Crippen molar-refractivity contribution < 1.29 is 22.7 Å². The second-order valence-electron chi connectivity index (χ2n) is 7.96. The summed E-state index contributed by atoms with van der Waals surface area (Å²) < 4.78 is 44.4. The summed E-state index contributed by atoms with van der Waals surface area (Å²) in [6, 6.07) is 12.2. The first-order valence-electron chi connectivity index (χ1n) is 10.3. The Labute approximate surface area is 179 Å². The van der Waals surface area contributed by atoms with Crippen molar-refractivity contribution >= 4 is 5.97 Å². The number of carbonyl (C=O) groups is 1. The fraction of sp³-hybridized carbons (Fsp3) is 0.320. The monoisotopic (exact) mass is 427 g/mol. The van der Waals surface area contributed by atoms with Gasteiger partial charge in [0.1, 0.15) is 6.04 Å². The minimum atomic E-state index is -4.39. The van der Waals surface area contributed by atoms with Crippen molar-refractivity contribution in [3.63, 3.8) is 0 Å². The maximum atomic E-state index is 13.0. The van der Waals surface area contributed by atoms with Gasteiger partial charge in [0.05, 0.1) is 12.2 Å². The number of aryl methyl sites for hydroxylation is 1. The largest absolute Gasteiger partial charge is 0.465 e. The van der Waals surface area contributed by atoms with Crippen molar-refractivity contribution in [2.75, 3.05) is 6.61 Å². The number of alkyl halides is 3. The number of fused-ring (bicyclic) bond motifs is 1. The van der Waals surface area contributed by atoms with E-state index in [-0.39, 0.29) is 30.5 Å². The highest BCUT2D eigenvalue weighted by atomic mass is 19.4. The van der Waals surface area contributed by atoms with Gasteiger partial charge in [-0.3, -0.25) is 10.1 Å². The second-order valence-corrected chi connectivity index (χ2v) is 7.96. The third-order valence-corrected chi connectivity index (χ3v) is 5.98. The zero-order chi connectivity index (χ0) is 22.2. The van der Waals surface area contributed by atoms with Gasteiger partial charge in [-0.2, -0.15) is 13.2 Å². The average molecular weight is 427 g/mol. The van der Waals surface area contributed by atoms with Gasteiger partial charge in [-0.25, -0.2) is 0 Å². The Bertz CT molecular complexity index is 1010. The SMILES string of the molecule is CCOC(=O)[C@@H]1N[C@H](c2ccc(C(F)(F)F)cc2)[C@H]2C=CC=C2[C@H]1c1ccc(C)cc1. The molecule has 0 radical (unpaired) electrons. The van der Waals surface area contributed by atoms with Crippen molar-refractivity contribution in [2.24, 2.45) is 5.92 Å². The molecule has 0 aromatic heterocycles. The van der Waals surface area contributed by atoms with Gasteiger partial charge in [0.2, 0.25) is 0 Å². The summed E-state index contributed by atoms with van der Waals surface area (Å²) in [6.45, 7) is 4.02. The normalized spacial score (nSPS) is 25.1. The standard InChI is InChI=1S/C25H24F3NO2/c1-3-31-24(30)23-21(16-9-7-15(2)8-10-16)19-5-4-6-20(19)22(29-23)17-11-13-18(14-12-17)25(26,27)28/h4-14,20-23,29H,3H2,1-2H3/t20-,21+,22+,23+/m0/s1. The van der Waals surface area contributed by atoms with Crippen molar-refractivity contribution in [3.05, 3.63) is 94.6 Å². The van der Waals surface area contributed by atoms with Gasteiger partial charge in [0.25, 0.3) is 0 Å². The minimum Gasteiger partial charge on any atom is -0.465 e. The summed E-state index contributed by atoms with van der Waals surface area (Å²) >= 11 is 0. The van der Waals surface area contributed by atoms with Crippen LogP contribution in [0.1, 0.15) is 41.1 Å². The van der Waals surface area contributed by atoms with E-state index in [2.05, 4.69) is 5.32 Å². The summed E-state index contributed by atoms with van der Waals surface area (Å²) in [5.41, 5.74) is 3.20. The number of nitrogens with one attached hydrogen (secondary N) is 1. The zero-order valence-corrected chi connectivity index (χ0v) is 17.3. The number of benzene rings is 2. The molecule has 2 aromatic rings. The second kappa shape index (κ2) is 8.35. The van der Waals surface area contributed by atoms with Crippen LogP contribution >= 0.6 is 0 Å². The summed E-state index contributed by atoms with van der Waals surface area (Å²) in [5.74, 6) is -0.643. The molecule has 1 saturated heterocycles. The van der Waals surface area contributed by atoms with Gasteiger partial charge in [-0.15, -0.1) is 0 Å². The fourth-order valence-electron chi connectivity index (χ4n) is 4.49. The highest BCUT2D eigenvalue weighted by molar-refractivity contribution is 5.79. The van der Waals surface area contributed by atoms with Crippen LogP contribution in [0.25, 0.3) is 0 Å². The molecule has 0 bridgehead atoms. The van der Waals surface area contributed by atoms with Crippen LogP contribution in [0.2, 0.25) is 0 Å². The maximum absolute atomic E-state index is 13.0. The quantitative estimate of drug-likeness (QED) is 0.656. The number of halogens is 3. The Morgan fingerprint density at radius 1 is 1.03 bits per heavy atom. The third kappa shape index (κ3) is 4.17. The molecule has 1 fully saturated rings. The summed E-state index contributed by atoms with van der Waals surface area (Å²) in [6.07, 6.45) is 1.61. The lowest BCUT2D eigenvalue weighted by Crippen LogP contribution is -2.51. The number of carbonyl (C=O) groups excluding carboxylic acids is 1. The molecule has 31 heavy (non-hydrogen) atoms. The lowest BCUT2D eigenvalue weighted by Gasteiger charge is -2.42. The van der Waals surface area contributed by atoms with Crippen molar-refractivity contribution in [2.45, 2.75) is 38.0 Å². The Kier molecular flexibility index (Phi) is 5.75. The van der Waals surface area contributed by atoms with E-state index in [9.17, 15) is 18.0 Å². The number of hydrogen-bond acceptors (Lipinski definition) is 3. The van der Waals surface area contributed by atoms with Crippen molar-refractivity contribution in [1.29, 1.82) is 0 Å². The van der Waals surface area contributed by atoms with E-state index in [4.69, 9.17) is 4.74 Å². The Hall–Kier alpha value is -2.86. The highest BCUT2D eigenvalue weighted by Gasteiger charge is 2.45. The predicted molar refractivity (Wildman–Crippen MR) is 112 cm³/mol. The molecular weight excluding hydrogens is 403 g/mol. The topological polar surface area (TPSA) is 38.3 Å². The first-order valence-corrected chi connectivity index (χ1v) is 10.3. The lowest BCUT2D eigenvalue weighted by atomic mass is 9.72. The first-order chi connectivity index (χ1) is 14.8. The van der Waals surface area contributed by atoms with Crippen LogP contribution in [0.15, 0.2) is 72.3 Å². The number of esters is 1. The van der Waals surface area contributed by atoms with E-state index in [0.29, 0.717) is 5.56 Å². The average Bonchev–Trinajstić information content (AvgIpc) is 3.23. The molecule has 0 amide bonds. The third-order valence-electron chi connectivity index (χ3n) is 5.98. The Balaban J connectivity index is 1.72. The molecule has 0 saturated carbocycles. The fourth-order valence-corrected chi connectivity index (χ4v) is 4.49. The molecule has 6 heteroatoms. The minimum absolute atomic E-state index is 0.0614. The van der Waals surface area contributed by atoms with Crippen molar-refractivity contribution in [3.8, 4) is 0 Å². The van der Waals surface area contributed by atoms with Gasteiger partial charge in [0, 0.05) is 17.9 Å². The molecular formula is C25H24F3NO2. The van der Waals surface area contributed by atoms with E-state index in [1.165, 1.54) is 12.1 Å². The smallest absolute Gasteiger partial charge is 0.416 e. The van der Waals surface area contributed by atoms with E-state index in [1.807, 2.05) is 49.4 Å². The molecule has 1 aliphatic carbocycles. The number of ether oxygens (including phenoxy) is 1. The molecule has 162 valence electrons. The number of rotatable bonds is 4. The number of hydrogen-bond donors (Lipinski definition) is 1. The van der Waals surface area contributed by atoms with Crippen LogP contribution in [0.5, 0.6) is 0 Å². The Morgan fingerprint density at radius 2 is 1.68 bits per heavy atom. The van der Waals surface area contributed by atoms with Gasteiger partial charge >= 0.3 is 12.1 Å². The van der Waals surface area contributed by atoms with Gasteiger partial charge < -0.3 is 4.74 Å². The van der Waals surface area contributed by atoms with E-state index >= 15 is 0 Å². The molecule has 0 spiro atoms. The molecule has 1 heterocycles. The van der Waals surface area contributed by atoms with Crippen LogP contribution in [-0.4, -0.2) is 18.6 Å². The summed E-state index contributed by atoms with van der Waals surface area (Å²) in [4.78, 5) is 12.9. The van der Waals surface area contributed by atoms with Gasteiger partial charge in [-0.1, -0.05) is 65.8 Å². The van der Waals surface area contributed by atoms with Crippen LogP contribution in [0.3, 0.4) is 0 Å². The van der Waals surface area contributed by atoms with Crippen molar-refractivity contribution in [1.82, 2.24) is 5.32 Å².